The summed E-state index contributed by atoms with van der Waals surface area (Å²) >= 11 is 0. The van der Waals surface area contributed by atoms with Crippen molar-refractivity contribution in [1.82, 2.24) is 9.80 Å². The molecule has 2 rings (SSSR count). The molecule has 0 aliphatic carbocycles. The van der Waals surface area contributed by atoms with Gasteiger partial charge in [0.15, 0.2) is 0 Å². The van der Waals surface area contributed by atoms with Crippen LogP contribution in [0.1, 0.15) is 6.42 Å². The minimum absolute atomic E-state index is 0.0847. The number of carbonyl (C=O) groups excluding carboxylic acids is 2. The fourth-order valence-electron chi connectivity index (χ4n) is 2.03. The van der Waals surface area contributed by atoms with Crippen LogP contribution in [0.15, 0.2) is 30.3 Å². The van der Waals surface area contributed by atoms with Crippen LogP contribution in [0, 0.1) is 0 Å². The molecule has 0 unspecified atom stereocenters. The second-order valence-corrected chi connectivity index (χ2v) is 4.78. The van der Waals surface area contributed by atoms with E-state index in [1.165, 1.54) is 0 Å². The van der Waals surface area contributed by atoms with Gasteiger partial charge in [-0.3, -0.25) is 9.59 Å². The zero-order valence-corrected chi connectivity index (χ0v) is 11.1. The normalized spacial score (nSPS) is 16.2. The minimum Gasteiger partial charge on any atom is -0.340 e. The van der Waals surface area contributed by atoms with Gasteiger partial charge in [0.05, 0.1) is 0 Å². The summed E-state index contributed by atoms with van der Waals surface area (Å²) in [5.74, 6) is -0.350. The van der Waals surface area contributed by atoms with Crippen LogP contribution in [-0.2, 0) is 9.59 Å². The highest BCUT2D eigenvalue weighted by Crippen LogP contribution is 2.07. The number of nitrogens with one attached hydrogen (secondary N) is 1. The van der Waals surface area contributed by atoms with Crippen LogP contribution in [0.3, 0.4) is 0 Å². The molecule has 19 heavy (non-hydrogen) atoms. The summed E-state index contributed by atoms with van der Waals surface area (Å²) in [5, 5.41) is 2.72. The van der Waals surface area contributed by atoms with Crippen molar-refractivity contribution in [1.29, 1.82) is 0 Å². The first kappa shape index (κ1) is 13.5. The molecule has 102 valence electrons. The Hall–Kier alpha value is -1.88. The van der Waals surface area contributed by atoms with E-state index in [0.717, 1.165) is 18.8 Å². The average Bonchev–Trinajstić information content (AvgIpc) is 2.40. The number of carbonyl (C=O) groups is 2. The number of likely N-dealkylation sites (N-methyl/N-ethyl adjacent to an activating group) is 1. The first-order valence-electron chi connectivity index (χ1n) is 6.46. The van der Waals surface area contributed by atoms with E-state index in [1.807, 2.05) is 25.2 Å². The van der Waals surface area contributed by atoms with Gasteiger partial charge >= 0.3 is 0 Å². The van der Waals surface area contributed by atoms with E-state index in [-0.39, 0.29) is 18.2 Å². The molecule has 0 spiro atoms. The molecule has 0 bridgehead atoms. The predicted molar refractivity (Wildman–Crippen MR) is 73.8 cm³/mol. The number of rotatable bonds is 3. The van der Waals surface area contributed by atoms with E-state index < -0.39 is 0 Å². The van der Waals surface area contributed by atoms with Gasteiger partial charge in [-0.15, -0.1) is 0 Å². The Balaban J connectivity index is 1.80. The molecule has 0 aromatic heterocycles. The Morgan fingerprint density at radius 3 is 2.37 bits per heavy atom. The number of hydrogen-bond acceptors (Lipinski definition) is 3. The minimum atomic E-state index is -0.255. The van der Waals surface area contributed by atoms with E-state index in [9.17, 15) is 9.59 Å². The van der Waals surface area contributed by atoms with Crippen molar-refractivity contribution in [3.63, 3.8) is 0 Å². The molecule has 1 fully saturated rings. The number of nitrogens with zero attached hydrogens (tertiary/aromatic N) is 2. The molecule has 1 aliphatic rings. The number of hydrogen-bond donors (Lipinski definition) is 1. The first-order valence-corrected chi connectivity index (χ1v) is 6.46. The molecule has 1 aliphatic heterocycles. The van der Waals surface area contributed by atoms with Crippen molar-refractivity contribution >= 4 is 17.5 Å². The summed E-state index contributed by atoms with van der Waals surface area (Å²) in [4.78, 5) is 27.6. The fraction of sp³-hybridized carbons (Fsp3) is 0.429. The highest BCUT2D eigenvalue weighted by atomic mass is 16.2. The zero-order valence-electron chi connectivity index (χ0n) is 11.1. The van der Waals surface area contributed by atoms with Crippen LogP contribution in [0.2, 0.25) is 0 Å². The van der Waals surface area contributed by atoms with Gasteiger partial charge in [0.1, 0.15) is 6.42 Å². The molecule has 1 aromatic carbocycles. The molecule has 0 atom stereocenters. The average molecular weight is 261 g/mol. The van der Waals surface area contributed by atoms with E-state index in [1.54, 1.807) is 17.0 Å². The van der Waals surface area contributed by atoms with Crippen LogP contribution in [0.5, 0.6) is 0 Å². The molecule has 0 radical (unpaired) electrons. The van der Waals surface area contributed by atoms with Crippen LogP contribution in [0.4, 0.5) is 5.69 Å². The summed E-state index contributed by atoms with van der Waals surface area (Å²) in [6.45, 7) is 3.14. The molecule has 5 nitrogen and oxygen atoms in total. The lowest BCUT2D eigenvalue weighted by Gasteiger charge is -2.32. The van der Waals surface area contributed by atoms with Crippen molar-refractivity contribution in [3.05, 3.63) is 30.3 Å². The van der Waals surface area contributed by atoms with Crippen molar-refractivity contribution in [2.24, 2.45) is 0 Å². The van der Waals surface area contributed by atoms with Gasteiger partial charge in [0.25, 0.3) is 0 Å². The van der Waals surface area contributed by atoms with Gasteiger partial charge < -0.3 is 15.1 Å². The Kier molecular flexibility index (Phi) is 4.52. The van der Waals surface area contributed by atoms with E-state index in [0.29, 0.717) is 13.1 Å². The molecule has 1 heterocycles. The second kappa shape index (κ2) is 6.33. The van der Waals surface area contributed by atoms with E-state index in [4.69, 9.17) is 0 Å². The highest BCUT2D eigenvalue weighted by molar-refractivity contribution is 6.03. The number of amides is 2. The Labute approximate surface area is 113 Å². The molecular weight excluding hydrogens is 242 g/mol. The SMILES string of the molecule is CN1CCN(C(=O)CC(=O)Nc2ccccc2)CC1. The smallest absolute Gasteiger partial charge is 0.233 e. The summed E-state index contributed by atoms with van der Waals surface area (Å²) in [7, 11) is 2.03. The number of piperazine rings is 1. The maximum absolute atomic E-state index is 12.0. The summed E-state index contributed by atoms with van der Waals surface area (Å²) in [6.07, 6.45) is -0.0847. The Morgan fingerprint density at radius 2 is 1.74 bits per heavy atom. The maximum Gasteiger partial charge on any atom is 0.233 e. The van der Waals surface area contributed by atoms with Gasteiger partial charge in [-0.1, -0.05) is 18.2 Å². The number of benzene rings is 1. The van der Waals surface area contributed by atoms with E-state index in [2.05, 4.69) is 10.2 Å². The third-order valence-corrected chi connectivity index (χ3v) is 3.23. The summed E-state index contributed by atoms with van der Waals surface area (Å²) in [5.41, 5.74) is 0.721. The number of anilines is 1. The predicted octanol–water partition coefficient (Wildman–Crippen LogP) is 0.789. The van der Waals surface area contributed by atoms with Crippen molar-refractivity contribution in [2.75, 3.05) is 38.5 Å². The van der Waals surface area contributed by atoms with Crippen molar-refractivity contribution in [3.8, 4) is 0 Å². The van der Waals surface area contributed by atoms with Crippen molar-refractivity contribution in [2.45, 2.75) is 6.42 Å². The first-order chi connectivity index (χ1) is 9.15. The highest BCUT2D eigenvalue weighted by Gasteiger charge is 2.20. The largest absolute Gasteiger partial charge is 0.340 e. The monoisotopic (exact) mass is 261 g/mol. The van der Waals surface area contributed by atoms with Crippen LogP contribution >= 0.6 is 0 Å². The summed E-state index contributed by atoms with van der Waals surface area (Å²) < 4.78 is 0. The molecule has 2 amide bonds. The molecule has 5 heteroatoms. The summed E-state index contributed by atoms with van der Waals surface area (Å²) in [6, 6.07) is 9.18. The van der Waals surface area contributed by atoms with Crippen LogP contribution in [0.25, 0.3) is 0 Å². The standard InChI is InChI=1S/C14H19N3O2/c1-16-7-9-17(10-8-16)14(19)11-13(18)15-12-5-3-2-4-6-12/h2-6H,7-11H2,1H3,(H,15,18). The zero-order chi connectivity index (χ0) is 13.7. The quantitative estimate of drug-likeness (QED) is 0.818. The molecule has 1 N–H and O–H groups in total. The van der Waals surface area contributed by atoms with Crippen LogP contribution in [-0.4, -0.2) is 54.8 Å². The molecule has 0 saturated carbocycles. The third-order valence-electron chi connectivity index (χ3n) is 3.23. The van der Waals surface area contributed by atoms with Crippen LogP contribution < -0.4 is 5.32 Å². The lowest BCUT2D eigenvalue weighted by Crippen LogP contribution is -2.47. The molecule has 1 saturated heterocycles. The Morgan fingerprint density at radius 1 is 1.11 bits per heavy atom. The van der Waals surface area contributed by atoms with Crippen molar-refractivity contribution < 1.29 is 9.59 Å². The van der Waals surface area contributed by atoms with Gasteiger partial charge in [-0.2, -0.15) is 0 Å². The topological polar surface area (TPSA) is 52.7 Å². The van der Waals surface area contributed by atoms with Gasteiger partial charge in [-0.25, -0.2) is 0 Å². The number of para-hydroxylation sites is 1. The third kappa shape index (κ3) is 4.06. The molecular formula is C14H19N3O2. The maximum atomic E-state index is 12.0. The Bertz CT molecular complexity index is 439. The fourth-order valence-corrected chi connectivity index (χ4v) is 2.03. The van der Waals surface area contributed by atoms with Gasteiger partial charge in [-0.05, 0) is 19.2 Å². The second-order valence-electron chi connectivity index (χ2n) is 4.78. The van der Waals surface area contributed by atoms with Gasteiger partial charge in [0, 0.05) is 31.9 Å². The lowest BCUT2D eigenvalue weighted by molar-refractivity contribution is -0.135. The van der Waals surface area contributed by atoms with E-state index >= 15 is 0 Å². The van der Waals surface area contributed by atoms with Gasteiger partial charge in [0.2, 0.25) is 11.8 Å². The molecule has 1 aromatic rings. The lowest BCUT2D eigenvalue weighted by atomic mass is 10.2.